The summed E-state index contributed by atoms with van der Waals surface area (Å²) in [5, 5.41) is 11.6. The van der Waals surface area contributed by atoms with E-state index in [2.05, 4.69) is 10.3 Å². The predicted octanol–water partition coefficient (Wildman–Crippen LogP) is 0.865. The molecule has 1 rings (SSSR count). The minimum atomic E-state index is -0.500. The van der Waals surface area contributed by atoms with Crippen LogP contribution in [0, 0.1) is 25.2 Å². The highest BCUT2D eigenvalue weighted by atomic mass is 16.5. The molecular weight excluding hydrogens is 298 g/mol. The number of nitrogens with one attached hydrogen (secondary N) is 2. The number of amides is 1. The SMILES string of the molecule is CCCNC(=O)COC(=O)CCc1c(C)[nH]c(=O)c(C#N)c1C. The van der Waals surface area contributed by atoms with Crippen LogP contribution in [-0.4, -0.2) is 30.0 Å². The van der Waals surface area contributed by atoms with Gasteiger partial charge in [0.2, 0.25) is 0 Å². The molecule has 0 bridgehead atoms. The van der Waals surface area contributed by atoms with E-state index in [-0.39, 0.29) is 24.5 Å². The fourth-order valence-electron chi connectivity index (χ4n) is 2.18. The minimum Gasteiger partial charge on any atom is -0.456 e. The van der Waals surface area contributed by atoms with Gasteiger partial charge in [-0.3, -0.25) is 14.4 Å². The zero-order chi connectivity index (χ0) is 17.4. The van der Waals surface area contributed by atoms with Crippen LogP contribution in [0.1, 0.15) is 42.1 Å². The van der Waals surface area contributed by atoms with Gasteiger partial charge in [0.05, 0.1) is 0 Å². The van der Waals surface area contributed by atoms with Crippen molar-refractivity contribution in [2.45, 2.75) is 40.0 Å². The Morgan fingerprint density at radius 3 is 2.65 bits per heavy atom. The van der Waals surface area contributed by atoms with Crippen LogP contribution in [0.5, 0.6) is 0 Å². The summed E-state index contributed by atoms with van der Waals surface area (Å²) in [6.07, 6.45) is 1.21. The normalized spacial score (nSPS) is 10.0. The monoisotopic (exact) mass is 319 g/mol. The number of hydrogen-bond acceptors (Lipinski definition) is 5. The van der Waals surface area contributed by atoms with Crippen molar-refractivity contribution in [2.24, 2.45) is 0 Å². The van der Waals surface area contributed by atoms with Crippen LogP contribution < -0.4 is 10.9 Å². The quantitative estimate of drug-likeness (QED) is 0.724. The molecule has 2 N–H and O–H groups in total. The Balaban J connectivity index is 2.62. The van der Waals surface area contributed by atoms with Crippen LogP contribution in [-0.2, 0) is 20.7 Å². The maximum Gasteiger partial charge on any atom is 0.306 e. The number of aryl methyl sites for hydroxylation is 1. The summed E-state index contributed by atoms with van der Waals surface area (Å²) in [7, 11) is 0. The second kappa shape index (κ2) is 8.73. The molecule has 0 aliphatic rings. The fraction of sp³-hybridized carbons (Fsp3) is 0.500. The minimum absolute atomic E-state index is 0.0536. The van der Waals surface area contributed by atoms with Crippen molar-refractivity contribution < 1.29 is 14.3 Å². The molecule has 0 aromatic carbocycles. The lowest BCUT2D eigenvalue weighted by Gasteiger charge is -2.10. The number of ether oxygens (including phenoxy) is 1. The summed E-state index contributed by atoms with van der Waals surface area (Å²) < 4.78 is 4.89. The Hall–Kier alpha value is -2.62. The van der Waals surface area contributed by atoms with Crippen molar-refractivity contribution in [2.75, 3.05) is 13.2 Å². The van der Waals surface area contributed by atoms with Gasteiger partial charge in [-0.1, -0.05) is 6.92 Å². The van der Waals surface area contributed by atoms with Gasteiger partial charge in [-0.2, -0.15) is 5.26 Å². The summed E-state index contributed by atoms with van der Waals surface area (Å²) in [6.45, 7) is 5.57. The van der Waals surface area contributed by atoms with E-state index in [4.69, 9.17) is 10.00 Å². The van der Waals surface area contributed by atoms with Crippen LogP contribution in [0.15, 0.2) is 4.79 Å². The molecule has 7 heteroatoms. The van der Waals surface area contributed by atoms with Crippen molar-refractivity contribution in [3.05, 3.63) is 32.7 Å². The summed E-state index contributed by atoms with van der Waals surface area (Å²) >= 11 is 0. The van der Waals surface area contributed by atoms with E-state index in [1.165, 1.54) is 0 Å². The van der Waals surface area contributed by atoms with Crippen LogP contribution in [0.25, 0.3) is 0 Å². The maximum absolute atomic E-state index is 11.7. The molecule has 0 fully saturated rings. The first-order valence-corrected chi connectivity index (χ1v) is 7.45. The molecule has 23 heavy (non-hydrogen) atoms. The van der Waals surface area contributed by atoms with Gasteiger partial charge < -0.3 is 15.0 Å². The molecule has 0 radical (unpaired) electrons. The topological polar surface area (TPSA) is 112 Å². The fourth-order valence-corrected chi connectivity index (χ4v) is 2.18. The molecule has 0 aliphatic heterocycles. The third kappa shape index (κ3) is 5.25. The summed E-state index contributed by atoms with van der Waals surface area (Å²) in [5.74, 6) is -0.830. The van der Waals surface area contributed by atoms with E-state index in [1.807, 2.05) is 13.0 Å². The van der Waals surface area contributed by atoms with Crippen molar-refractivity contribution in [3.63, 3.8) is 0 Å². The lowest BCUT2D eigenvalue weighted by molar-refractivity contribution is -0.148. The van der Waals surface area contributed by atoms with Gasteiger partial charge in [0.25, 0.3) is 11.5 Å². The van der Waals surface area contributed by atoms with Crippen LogP contribution >= 0.6 is 0 Å². The van der Waals surface area contributed by atoms with Crippen LogP contribution in [0.3, 0.4) is 0 Å². The Morgan fingerprint density at radius 1 is 1.35 bits per heavy atom. The molecule has 1 amide bonds. The van der Waals surface area contributed by atoms with E-state index in [0.29, 0.717) is 24.2 Å². The highest BCUT2D eigenvalue weighted by Gasteiger charge is 2.14. The number of carbonyl (C=O) groups is 2. The van der Waals surface area contributed by atoms with Crippen LogP contribution in [0.2, 0.25) is 0 Å². The molecular formula is C16H21N3O4. The number of aromatic amines is 1. The standard InChI is InChI=1S/C16H21N3O4/c1-4-7-18-14(20)9-23-15(21)6-5-12-10(2)13(8-17)16(22)19-11(12)3/h4-7,9H2,1-3H3,(H,18,20)(H,19,22). The number of esters is 1. The molecule has 1 heterocycles. The van der Waals surface area contributed by atoms with Gasteiger partial charge in [-0.25, -0.2) is 0 Å². The first-order chi connectivity index (χ1) is 10.9. The third-order valence-corrected chi connectivity index (χ3v) is 3.44. The Morgan fingerprint density at radius 2 is 2.04 bits per heavy atom. The number of carbonyl (C=O) groups excluding carboxylic acids is 2. The van der Waals surface area contributed by atoms with Crippen molar-refractivity contribution in [1.82, 2.24) is 10.3 Å². The second-order valence-corrected chi connectivity index (χ2v) is 5.18. The molecule has 1 aromatic rings. The number of pyridine rings is 1. The molecule has 7 nitrogen and oxygen atoms in total. The Bertz CT molecular complexity index is 686. The lowest BCUT2D eigenvalue weighted by atomic mass is 9.99. The molecule has 0 saturated carbocycles. The number of nitriles is 1. The summed E-state index contributed by atoms with van der Waals surface area (Å²) in [6, 6.07) is 1.87. The van der Waals surface area contributed by atoms with E-state index >= 15 is 0 Å². The van der Waals surface area contributed by atoms with Crippen molar-refractivity contribution in [1.29, 1.82) is 5.26 Å². The number of rotatable bonds is 7. The largest absolute Gasteiger partial charge is 0.456 e. The van der Waals surface area contributed by atoms with E-state index < -0.39 is 11.5 Å². The smallest absolute Gasteiger partial charge is 0.306 e. The zero-order valence-corrected chi connectivity index (χ0v) is 13.6. The molecule has 0 aliphatic carbocycles. The molecule has 0 atom stereocenters. The van der Waals surface area contributed by atoms with Gasteiger partial charge in [-0.05, 0) is 37.8 Å². The number of nitrogens with zero attached hydrogens (tertiary/aromatic N) is 1. The van der Waals surface area contributed by atoms with Gasteiger partial charge in [0.15, 0.2) is 6.61 Å². The third-order valence-electron chi connectivity index (χ3n) is 3.44. The van der Waals surface area contributed by atoms with E-state index in [0.717, 1.165) is 12.0 Å². The number of H-pyrrole nitrogens is 1. The Kier molecular flexibility index (Phi) is 7.00. The molecule has 1 aromatic heterocycles. The second-order valence-electron chi connectivity index (χ2n) is 5.18. The zero-order valence-electron chi connectivity index (χ0n) is 13.6. The lowest BCUT2D eigenvalue weighted by Crippen LogP contribution is -2.29. The van der Waals surface area contributed by atoms with Crippen LogP contribution in [0.4, 0.5) is 0 Å². The van der Waals surface area contributed by atoms with E-state index in [9.17, 15) is 14.4 Å². The van der Waals surface area contributed by atoms with Gasteiger partial charge in [0, 0.05) is 18.7 Å². The average molecular weight is 319 g/mol. The first-order valence-electron chi connectivity index (χ1n) is 7.45. The Labute approximate surface area is 134 Å². The van der Waals surface area contributed by atoms with Gasteiger partial charge in [-0.15, -0.1) is 0 Å². The highest BCUT2D eigenvalue weighted by Crippen LogP contribution is 2.15. The predicted molar refractivity (Wildman–Crippen MR) is 83.8 cm³/mol. The van der Waals surface area contributed by atoms with Crippen molar-refractivity contribution in [3.8, 4) is 6.07 Å². The van der Waals surface area contributed by atoms with E-state index in [1.54, 1.807) is 13.8 Å². The van der Waals surface area contributed by atoms with Gasteiger partial charge in [0.1, 0.15) is 11.6 Å². The number of hydrogen-bond donors (Lipinski definition) is 2. The molecule has 0 unspecified atom stereocenters. The molecule has 0 spiro atoms. The molecule has 124 valence electrons. The molecule has 0 saturated heterocycles. The summed E-state index contributed by atoms with van der Waals surface area (Å²) in [5.41, 5.74) is 1.56. The number of aromatic nitrogens is 1. The maximum atomic E-state index is 11.7. The first kappa shape index (κ1) is 18.4. The average Bonchev–Trinajstić information content (AvgIpc) is 2.50. The van der Waals surface area contributed by atoms with Gasteiger partial charge >= 0.3 is 5.97 Å². The highest BCUT2D eigenvalue weighted by molar-refractivity contribution is 5.80. The van der Waals surface area contributed by atoms with Crippen molar-refractivity contribution >= 4 is 11.9 Å². The summed E-state index contributed by atoms with van der Waals surface area (Å²) in [4.78, 5) is 37.3.